The van der Waals surface area contributed by atoms with Gasteiger partial charge in [-0.05, 0) is 44.5 Å². The first-order chi connectivity index (χ1) is 11.6. The van der Waals surface area contributed by atoms with E-state index in [4.69, 9.17) is 9.47 Å². The minimum Gasteiger partial charge on any atom is -0.494 e. The van der Waals surface area contributed by atoms with Gasteiger partial charge in [0.15, 0.2) is 11.6 Å². The topological polar surface area (TPSA) is 42.0 Å². The third-order valence-electron chi connectivity index (χ3n) is 5.05. The zero-order valence-corrected chi connectivity index (χ0v) is 14.3. The Morgan fingerprint density at radius 3 is 2.71 bits per heavy atom. The van der Waals surface area contributed by atoms with Gasteiger partial charge in [0, 0.05) is 26.2 Å². The Hall–Kier alpha value is -1.66. The van der Waals surface area contributed by atoms with E-state index in [1.54, 1.807) is 18.1 Å². The van der Waals surface area contributed by atoms with Crippen molar-refractivity contribution in [2.24, 2.45) is 0 Å². The molecule has 0 spiro atoms. The Bertz CT molecular complexity index is 590. The molecule has 0 saturated carbocycles. The number of amides is 1. The number of hydrogen-bond donors (Lipinski definition) is 0. The number of likely N-dealkylation sites (tertiary alicyclic amines) is 2. The third kappa shape index (κ3) is 3.39. The summed E-state index contributed by atoms with van der Waals surface area (Å²) in [6, 6.07) is 4.75. The Labute approximate surface area is 142 Å². The summed E-state index contributed by atoms with van der Waals surface area (Å²) in [6.45, 7) is 3.48. The molecule has 2 aliphatic rings. The van der Waals surface area contributed by atoms with Crippen LogP contribution in [0.4, 0.5) is 4.39 Å². The molecule has 1 aromatic carbocycles. The van der Waals surface area contributed by atoms with Gasteiger partial charge in [-0.25, -0.2) is 4.39 Å². The predicted octanol–water partition coefficient (Wildman–Crippen LogP) is 2.16. The molecule has 132 valence electrons. The van der Waals surface area contributed by atoms with Gasteiger partial charge in [-0.3, -0.25) is 4.79 Å². The van der Waals surface area contributed by atoms with E-state index in [2.05, 4.69) is 4.90 Å². The fourth-order valence-corrected chi connectivity index (χ4v) is 3.72. The summed E-state index contributed by atoms with van der Waals surface area (Å²) in [5, 5.41) is 0. The van der Waals surface area contributed by atoms with E-state index >= 15 is 0 Å². The highest BCUT2D eigenvalue weighted by Crippen LogP contribution is 2.27. The van der Waals surface area contributed by atoms with E-state index in [1.165, 1.54) is 32.1 Å². The molecule has 5 nitrogen and oxygen atoms in total. The van der Waals surface area contributed by atoms with E-state index in [9.17, 15) is 9.18 Å². The molecule has 1 aromatic rings. The van der Waals surface area contributed by atoms with Gasteiger partial charge in [0.25, 0.3) is 5.91 Å². The minimum atomic E-state index is -0.592. The molecule has 24 heavy (non-hydrogen) atoms. The summed E-state index contributed by atoms with van der Waals surface area (Å²) in [5.74, 6) is -0.777. The highest BCUT2D eigenvalue weighted by molar-refractivity contribution is 5.95. The van der Waals surface area contributed by atoms with Crippen LogP contribution in [0, 0.1) is 5.82 Å². The summed E-state index contributed by atoms with van der Waals surface area (Å²) in [5.41, 5.74) is 0.0672. The Morgan fingerprint density at radius 2 is 2.04 bits per heavy atom. The van der Waals surface area contributed by atoms with Crippen LogP contribution < -0.4 is 4.74 Å². The second-order valence-electron chi connectivity index (χ2n) is 6.53. The van der Waals surface area contributed by atoms with Crippen molar-refractivity contribution >= 4 is 5.91 Å². The van der Waals surface area contributed by atoms with Crippen LogP contribution in [-0.4, -0.2) is 68.3 Å². The van der Waals surface area contributed by atoms with Crippen molar-refractivity contribution < 1.29 is 18.7 Å². The summed E-state index contributed by atoms with van der Waals surface area (Å²) >= 11 is 0. The fraction of sp³-hybridized carbons (Fsp3) is 0.611. The first-order valence-electron chi connectivity index (χ1n) is 8.52. The number of methoxy groups -OCH3 is 2. The molecular weight excluding hydrogens is 311 g/mol. The van der Waals surface area contributed by atoms with E-state index < -0.39 is 5.82 Å². The van der Waals surface area contributed by atoms with Crippen LogP contribution in [0.1, 0.15) is 29.6 Å². The van der Waals surface area contributed by atoms with Gasteiger partial charge < -0.3 is 19.3 Å². The van der Waals surface area contributed by atoms with Crippen molar-refractivity contribution in [1.82, 2.24) is 9.80 Å². The second kappa shape index (κ2) is 7.49. The molecular formula is C18H25FN2O3. The molecule has 0 unspecified atom stereocenters. The maximum atomic E-state index is 14.5. The van der Waals surface area contributed by atoms with Gasteiger partial charge in [-0.15, -0.1) is 0 Å². The zero-order valence-electron chi connectivity index (χ0n) is 14.3. The molecule has 2 heterocycles. The number of carbonyl (C=O) groups excluding carboxylic acids is 1. The highest BCUT2D eigenvalue weighted by Gasteiger charge is 2.38. The van der Waals surface area contributed by atoms with Crippen LogP contribution >= 0.6 is 0 Å². The molecule has 0 radical (unpaired) electrons. The molecule has 2 atom stereocenters. The maximum Gasteiger partial charge on any atom is 0.257 e. The highest BCUT2D eigenvalue weighted by atomic mass is 19.1. The first-order valence-corrected chi connectivity index (χ1v) is 8.52. The van der Waals surface area contributed by atoms with Crippen LogP contribution in [0.15, 0.2) is 18.2 Å². The average Bonchev–Trinajstić information content (AvgIpc) is 3.24. The number of carbonyl (C=O) groups is 1. The van der Waals surface area contributed by atoms with Crippen LogP contribution in [0.2, 0.25) is 0 Å². The van der Waals surface area contributed by atoms with E-state index in [0.717, 1.165) is 26.1 Å². The normalized spacial score (nSPS) is 24.5. The molecule has 0 N–H and O–H groups in total. The van der Waals surface area contributed by atoms with Gasteiger partial charge in [-0.2, -0.15) is 0 Å². The van der Waals surface area contributed by atoms with Crippen molar-refractivity contribution in [3.05, 3.63) is 29.6 Å². The molecule has 2 saturated heterocycles. The van der Waals surface area contributed by atoms with Crippen molar-refractivity contribution in [3.63, 3.8) is 0 Å². The lowest BCUT2D eigenvalue weighted by atomic mass is 10.1. The average molecular weight is 336 g/mol. The summed E-state index contributed by atoms with van der Waals surface area (Å²) < 4.78 is 24.9. The molecule has 0 bridgehead atoms. The Morgan fingerprint density at radius 1 is 1.29 bits per heavy atom. The largest absolute Gasteiger partial charge is 0.494 e. The molecule has 1 amide bonds. The van der Waals surface area contributed by atoms with Gasteiger partial charge in [0.05, 0.1) is 18.8 Å². The Balaban J connectivity index is 1.80. The molecule has 3 rings (SSSR count). The fourth-order valence-electron chi connectivity index (χ4n) is 3.72. The number of nitrogens with zero attached hydrogens (tertiary/aromatic N) is 2. The van der Waals surface area contributed by atoms with Crippen molar-refractivity contribution in [2.45, 2.75) is 31.4 Å². The van der Waals surface area contributed by atoms with Gasteiger partial charge >= 0.3 is 0 Å². The second-order valence-corrected chi connectivity index (χ2v) is 6.53. The van der Waals surface area contributed by atoms with Gasteiger partial charge in [0.2, 0.25) is 0 Å². The van der Waals surface area contributed by atoms with Crippen LogP contribution in [-0.2, 0) is 4.74 Å². The van der Waals surface area contributed by atoms with Crippen LogP contribution in [0.3, 0.4) is 0 Å². The molecule has 0 aromatic heterocycles. The number of hydrogen-bond acceptors (Lipinski definition) is 4. The van der Waals surface area contributed by atoms with E-state index in [0.29, 0.717) is 6.54 Å². The lowest BCUT2D eigenvalue weighted by Gasteiger charge is -2.28. The number of halogens is 1. The third-order valence-corrected chi connectivity index (χ3v) is 5.05. The first kappa shape index (κ1) is 17.2. The lowest BCUT2D eigenvalue weighted by molar-refractivity contribution is 0.0665. The van der Waals surface area contributed by atoms with Crippen molar-refractivity contribution in [2.75, 3.05) is 40.4 Å². The zero-order chi connectivity index (χ0) is 17.1. The predicted molar refractivity (Wildman–Crippen MR) is 88.9 cm³/mol. The van der Waals surface area contributed by atoms with Gasteiger partial charge in [-0.1, -0.05) is 6.07 Å². The van der Waals surface area contributed by atoms with Gasteiger partial charge in [0.1, 0.15) is 0 Å². The summed E-state index contributed by atoms with van der Waals surface area (Å²) in [7, 11) is 3.07. The SMILES string of the molecule is COc1cccc(C(=O)N2C[C@@H](OC)C[C@H]2CN2CCCC2)c1F. The smallest absolute Gasteiger partial charge is 0.257 e. The summed E-state index contributed by atoms with van der Waals surface area (Å²) in [4.78, 5) is 17.1. The number of benzene rings is 1. The summed E-state index contributed by atoms with van der Waals surface area (Å²) in [6.07, 6.45) is 3.22. The standard InChI is InChI=1S/C18H25FN2O3/c1-23-14-10-13(11-20-8-3-4-9-20)21(12-14)18(22)15-6-5-7-16(24-2)17(15)19/h5-7,13-14H,3-4,8-12H2,1-2H3/t13-,14-/m0/s1. The van der Waals surface area contributed by atoms with E-state index in [-0.39, 0.29) is 29.4 Å². The number of ether oxygens (including phenoxy) is 2. The molecule has 6 heteroatoms. The minimum absolute atomic E-state index is 0.00946. The number of rotatable bonds is 5. The van der Waals surface area contributed by atoms with Crippen LogP contribution in [0.25, 0.3) is 0 Å². The maximum absolute atomic E-state index is 14.5. The molecule has 2 aliphatic heterocycles. The van der Waals surface area contributed by atoms with Crippen molar-refractivity contribution in [3.8, 4) is 5.75 Å². The van der Waals surface area contributed by atoms with E-state index in [1.807, 2.05) is 0 Å². The van der Waals surface area contributed by atoms with Crippen LogP contribution in [0.5, 0.6) is 5.75 Å². The van der Waals surface area contributed by atoms with Crippen molar-refractivity contribution in [1.29, 1.82) is 0 Å². The quantitative estimate of drug-likeness (QED) is 0.826. The monoisotopic (exact) mass is 336 g/mol. The lowest BCUT2D eigenvalue weighted by Crippen LogP contribution is -2.43. The Kier molecular flexibility index (Phi) is 5.36. The molecule has 2 fully saturated rings. The molecule has 0 aliphatic carbocycles.